The molecule has 6 heteroatoms. The first-order chi connectivity index (χ1) is 8.70. The minimum Gasteiger partial charge on any atom is -0.322 e. The molecule has 0 aliphatic rings. The minimum atomic E-state index is -0.279. The zero-order valence-electron chi connectivity index (χ0n) is 9.35. The van der Waals surface area contributed by atoms with Gasteiger partial charge in [-0.05, 0) is 18.2 Å². The van der Waals surface area contributed by atoms with Crippen molar-refractivity contribution < 1.29 is 4.79 Å². The van der Waals surface area contributed by atoms with Gasteiger partial charge in [0.25, 0.3) is 5.91 Å². The van der Waals surface area contributed by atoms with Crippen LogP contribution in [-0.4, -0.2) is 10.9 Å². The van der Waals surface area contributed by atoms with Crippen LogP contribution in [-0.2, 0) is 0 Å². The molecule has 4 N–H and O–H groups in total. The Morgan fingerprint density at radius 1 is 1.28 bits per heavy atom. The van der Waals surface area contributed by atoms with E-state index in [-0.39, 0.29) is 5.91 Å². The summed E-state index contributed by atoms with van der Waals surface area (Å²) in [7, 11) is 0. The van der Waals surface area contributed by atoms with Gasteiger partial charge in [0.05, 0.1) is 10.6 Å². The number of rotatable bonds is 3. The predicted octanol–water partition coefficient (Wildman–Crippen LogP) is 2.27. The predicted molar refractivity (Wildman–Crippen MR) is 71.5 cm³/mol. The number of nitrogens with zero attached hydrogens (tertiary/aromatic N) is 1. The normalized spacial score (nSPS) is 9.89. The lowest BCUT2D eigenvalue weighted by molar-refractivity contribution is 0.102. The average Bonchev–Trinajstić information content (AvgIpc) is 2.39. The van der Waals surface area contributed by atoms with Crippen molar-refractivity contribution in [2.45, 2.75) is 0 Å². The van der Waals surface area contributed by atoms with E-state index in [1.54, 1.807) is 12.1 Å². The van der Waals surface area contributed by atoms with E-state index in [1.807, 2.05) is 18.2 Å². The SMILES string of the molecule is NNc1ncc(C(=O)Nc2ccccc2)cc1Cl. The van der Waals surface area contributed by atoms with Crippen molar-refractivity contribution in [2.75, 3.05) is 10.7 Å². The summed E-state index contributed by atoms with van der Waals surface area (Å²) in [5.41, 5.74) is 3.41. The number of carbonyl (C=O) groups is 1. The van der Waals surface area contributed by atoms with Gasteiger partial charge >= 0.3 is 0 Å². The molecule has 0 atom stereocenters. The Morgan fingerprint density at radius 3 is 2.61 bits per heavy atom. The number of aromatic nitrogens is 1. The molecule has 1 aromatic heterocycles. The number of nitrogens with one attached hydrogen (secondary N) is 2. The molecule has 5 nitrogen and oxygen atoms in total. The molecule has 1 aromatic carbocycles. The number of hydrogen-bond acceptors (Lipinski definition) is 4. The van der Waals surface area contributed by atoms with Crippen molar-refractivity contribution in [3.8, 4) is 0 Å². The highest BCUT2D eigenvalue weighted by Crippen LogP contribution is 2.19. The molecule has 0 aliphatic heterocycles. The third-order valence-corrected chi connectivity index (χ3v) is 2.56. The number of halogens is 1. The summed E-state index contributed by atoms with van der Waals surface area (Å²) in [4.78, 5) is 15.8. The fraction of sp³-hybridized carbons (Fsp3) is 0. The first-order valence-electron chi connectivity index (χ1n) is 5.19. The lowest BCUT2D eigenvalue weighted by Crippen LogP contribution is -2.14. The maximum atomic E-state index is 11.9. The lowest BCUT2D eigenvalue weighted by atomic mass is 10.2. The molecule has 1 amide bonds. The summed E-state index contributed by atoms with van der Waals surface area (Å²) in [6, 6.07) is 10.6. The number of nitrogen functional groups attached to an aromatic ring is 1. The quantitative estimate of drug-likeness (QED) is 0.586. The molecule has 0 unspecified atom stereocenters. The van der Waals surface area contributed by atoms with E-state index >= 15 is 0 Å². The van der Waals surface area contributed by atoms with Gasteiger partial charge in [0.15, 0.2) is 5.82 Å². The lowest BCUT2D eigenvalue weighted by Gasteiger charge is -2.06. The van der Waals surface area contributed by atoms with E-state index < -0.39 is 0 Å². The monoisotopic (exact) mass is 262 g/mol. The van der Waals surface area contributed by atoms with Gasteiger partial charge in [-0.15, -0.1) is 0 Å². The number of nitrogens with two attached hydrogens (primary N) is 1. The Morgan fingerprint density at radius 2 is 2.00 bits per heavy atom. The van der Waals surface area contributed by atoms with Gasteiger partial charge in [-0.1, -0.05) is 29.8 Å². The van der Waals surface area contributed by atoms with E-state index in [0.29, 0.717) is 22.1 Å². The Kier molecular flexibility index (Phi) is 3.76. The van der Waals surface area contributed by atoms with E-state index in [0.717, 1.165) is 0 Å². The van der Waals surface area contributed by atoms with Gasteiger partial charge in [-0.2, -0.15) is 0 Å². The second-order valence-electron chi connectivity index (χ2n) is 3.52. The van der Waals surface area contributed by atoms with Crippen LogP contribution in [0.4, 0.5) is 11.5 Å². The number of amides is 1. The molecule has 92 valence electrons. The number of anilines is 2. The van der Waals surface area contributed by atoms with Gasteiger partial charge in [0, 0.05) is 11.9 Å². The molecule has 1 heterocycles. The Hall–Kier alpha value is -2.11. The summed E-state index contributed by atoms with van der Waals surface area (Å²) in [6.45, 7) is 0. The van der Waals surface area contributed by atoms with Gasteiger partial charge in [-0.25, -0.2) is 10.8 Å². The summed E-state index contributed by atoms with van der Waals surface area (Å²) in [5.74, 6) is 5.25. The topological polar surface area (TPSA) is 80.0 Å². The zero-order chi connectivity index (χ0) is 13.0. The van der Waals surface area contributed by atoms with Crippen LogP contribution in [0.1, 0.15) is 10.4 Å². The highest BCUT2D eigenvalue weighted by molar-refractivity contribution is 6.33. The van der Waals surface area contributed by atoms with Crippen LogP contribution in [0, 0.1) is 0 Å². The van der Waals surface area contributed by atoms with Crippen molar-refractivity contribution in [2.24, 2.45) is 5.84 Å². The fourth-order valence-electron chi connectivity index (χ4n) is 1.39. The number of benzene rings is 1. The molecule has 2 rings (SSSR count). The first-order valence-corrected chi connectivity index (χ1v) is 5.57. The molecule has 0 spiro atoms. The Balaban J connectivity index is 2.17. The van der Waals surface area contributed by atoms with Crippen molar-refractivity contribution in [3.05, 3.63) is 53.2 Å². The van der Waals surface area contributed by atoms with Crippen LogP contribution in [0.5, 0.6) is 0 Å². The second kappa shape index (κ2) is 5.48. The zero-order valence-corrected chi connectivity index (χ0v) is 10.1. The highest BCUT2D eigenvalue weighted by atomic mass is 35.5. The van der Waals surface area contributed by atoms with E-state index in [4.69, 9.17) is 17.4 Å². The number of hydrazine groups is 1. The van der Waals surface area contributed by atoms with Crippen molar-refractivity contribution >= 4 is 29.0 Å². The summed E-state index contributed by atoms with van der Waals surface area (Å²) in [5, 5.41) is 3.02. The van der Waals surface area contributed by atoms with E-state index in [2.05, 4.69) is 15.7 Å². The molecule has 0 bridgehead atoms. The van der Waals surface area contributed by atoms with Gasteiger partial charge in [-0.3, -0.25) is 4.79 Å². The van der Waals surface area contributed by atoms with Gasteiger partial charge < -0.3 is 10.7 Å². The van der Waals surface area contributed by atoms with E-state index in [1.165, 1.54) is 12.3 Å². The number of pyridine rings is 1. The fourth-order valence-corrected chi connectivity index (χ4v) is 1.61. The van der Waals surface area contributed by atoms with Crippen LogP contribution >= 0.6 is 11.6 Å². The van der Waals surface area contributed by atoms with E-state index in [9.17, 15) is 4.79 Å². The summed E-state index contributed by atoms with van der Waals surface area (Å²) < 4.78 is 0. The van der Waals surface area contributed by atoms with Crippen LogP contribution < -0.4 is 16.6 Å². The number of carbonyl (C=O) groups excluding carboxylic acids is 1. The Labute approximate surface area is 109 Å². The average molecular weight is 263 g/mol. The largest absolute Gasteiger partial charge is 0.322 e. The molecule has 0 radical (unpaired) electrons. The third-order valence-electron chi connectivity index (χ3n) is 2.27. The molecule has 18 heavy (non-hydrogen) atoms. The van der Waals surface area contributed by atoms with Crippen molar-refractivity contribution in [1.29, 1.82) is 0 Å². The summed E-state index contributed by atoms with van der Waals surface area (Å²) in [6.07, 6.45) is 1.40. The molecular formula is C12H11ClN4O. The van der Waals surface area contributed by atoms with Crippen LogP contribution in [0.2, 0.25) is 5.02 Å². The maximum Gasteiger partial charge on any atom is 0.257 e. The number of hydrogen-bond donors (Lipinski definition) is 3. The van der Waals surface area contributed by atoms with Crippen LogP contribution in [0.3, 0.4) is 0 Å². The molecule has 0 fully saturated rings. The molecule has 0 aliphatic carbocycles. The highest BCUT2D eigenvalue weighted by Gasteiger charge is 2.09. The minimum absolute atomic E-state index is 0.279. The second-order valence-corrected chi connectivity index (χ2v) is 3.93. The summed E-state index contributed by atoms with van der Waals surface area (Å²) >= 11 is 5.89. The third kappa shape index (κ3) is 2.77. The molecule has 0 saturated carbocycles. The van der Waals surface area contributed by atoms with Gasteiger partial charge in [0.1, 0.15) is 0 Å². The maximum absolute atomic E-state index is 11.9. The molecule has 0 saturated heterocycles. The molecular weight excluding hydrogens is 252 g/mol. The first kappa shape index (κ1) is 12.3. The Bertz CT molecular complexity index is 559. The van der Waals surface area contributed by atoms with Crippen molar-refractivity contribution in [1.82, 2.24) is 4.98 Å². The van der Waals surface area contributed by atoms with Crippen LogP contribution in [0.15, 0.2) is 42.6 Å². The smallest absolute Gasteiger partial charge is 0.257 e. The standard InChI is InChI=1S/C12H11ClN4O/c13-10-6-8(7-15-11(10)17-14)12(18)16-9-4-2-1-3-5-9/h1-7H,14H2,(H,15,17)(H,16,18). The number of para-hydroxylation sites is 1. The van der Waals surface area contributed by atoms with Crippen molar-refractivity contribution in [3.63, 3.8) is 0 Å². The molecule has 2 aromatic rings. The van der Waals surface area contributed by atoms with Gasteiger partial charge in [0.2, 0.25) is 0 Å². The van der Waals surface area contributed by atoms with Crippen LogP contribution in [0.25, 0.3) is 0 Å².